The first-order chi connectivity index (χ1) is 28.6. The second kappa shape index (κ2) is 17.3. The SMILES string of the molecule is COC[C@@H]1C[C@H](C)CC/C=C\[C@@H]2C[C@@]2(C(=O)NS(=O)(=O)C2(C)CC2)CC(=O)[C@@H]2C[C@@H](Oc3nc(OC)c4c(OC)cccc4n3)CN2C(=O)[C@H]1CC(=O)OC(C)(C)C(F)(F)F. The van der Waals surface area contributed by atoms with E-state index in [4.69, 9.17) is 23.7 Å². The van der Waals surface area contributed by atoms with E-state index in [0.29, 0.717) is 48.8 Å². The zero-order valence-electron chi connectivity index (χ0n) is 35.5. The number of aromatic nitrogens is 2. The van der Waals surface area contributed by atoms with E-state index in [2.05, 4.69) is 14.7 Å². The minimum atomic E-state index is -4.91. The van der Waals surface area contributed by atoms with Crippen LogP contribution in [0.4, 0.5) is 13.2 Å². The Morgan fingerprint density at radius 2 is 1.77 bits per heavy atom. The highest BCUT2D eigenvalue weighted by atomic mass is 32.2. The Bertz CT molecular complexity index is 2160. The maximum absolute atomic E-state index is 15.1. The van der Waals surface area contributed by atoms with Crippen LogP contribution in [-0.2, 0) is 38.7 Å². The van der Waals surface area contributed by atoms with E-state index in [0.717, 1.165) is 13.8 Å². The molecule has 2 aliphatic carbocycles. The molecule has 336 valence electrons. The number of halogens is 3. The van der Waals surface area contributed by atoms with Gasteiger partial charge in [-0.25, -0.2) is 8.42 Å². The van der Waals surface area contributed by atoms with E-state index in [1.54, 1.807) is 25.1 Å². The Morgan fingerprint density at radius 3 is 2.41 bits per heavy atom. The van der Waals surface area contributed by atoms with Crippen LogP contribution >= 0.6 is 0 Å². The van der Waals surface area contributed by atoms with E-state index in [1.807, 2.05) is 19.1 Å². The van der Waals surface area contributed by atoms with Gasteiger partial charge < -0.3 is 28.6 Å². The summed E-state index contributed by atoms with van der Waals surface area (Å²) in [7, 11) is 0.235. The van der Waals surface area contributed by atoms with Crippen molar-refractivity contribution >= 4 is 44.5 Å². The number of rotatable bonds is 12. The van der Waals surface area contributed by atoms with Crippen molar-refractivity contribution in [1.82, 2.24) is 19.6 Å². The predicted molar refractivity (Wildman–Crippen MR) is 214 cm³/mol. The number of carbonyl (C=O) groups excluding carboxylic acids is 4. The van der Waals surface area contributed by atoms with Crippen LogP contribution in [0.2, 0.25) is 0 Å². The van der Waals surface area contributed by atoms with Crippen LogP contribution in [0, 0.1) is 29.1 Å². The van der Waals surface area contributed by atoms with E-state index in [9.17, 15) is 36.0 Å². The number of ether oxygens (including phenoxy) is 5. The Hall–Kier alpha value is -4.52. The third-order valence-corrected chi connectivity index (χ3v) is 14.9. The summed E-state index contributed by atoms with van der Waals surface area (Å²) in [6.07, 6.45) is -0.970. The van der Waals surface area contributed by atoms with Crippen molar-refractivity contribution in [1.29, 1.82) is 0 Å². The number of hydrogen-bond donors (Lipinski definition) is 1. The van der Waals surface area contributed by atoms with Gasteiger partial charge in [-0.05, 0) is 89.2 Å². The zero-order chi connectivity index (χ0) is 44.7. The van der Waals surface area contributed by atoms with Crippen LogP contribution in [0.15, 0.2) is 30.4 Å². The number of nitrogens with one attached hydrogen (secondary N) is 1. The van der Waals surface area contributed by atoms with Gasteiger partial charge in [-0.15, -0.1) is 0 Å². The third kappa shape index (κ3) is 9.61. The summed E-state index contributed by atoms with van der Waals surface area (Å²) in [5.41, 5.74) is -3.88. The molecule has 1 N–H and O–H groups in total. The smallest absolute Gasteiger partial charge is 0.427 e. The molecule has 7 atom stereocenters. The van der Waals surface area contributed by atoms with Crippen LogP contribution in [-0.4, -0.2) is 110 Å². The van der Waals surface area contributed by atoms with Gasteiger partial charge in [0, 0.05) is 26.6 Å². The number of Topliss-reactive ketones (excluding diaryl/α,β-unsaturated/α-hetero) is 1. The lowest BCUT2D eigenvalue weighted by molar-refractivity contribution is -0.257. The fourth-order valence-electron chi connectivity index (χ4n) is 8.47. The molecule has 6 rings (SSSR count). The van der Waals surface area contributed by atoms with Crippen molar-refractivity contribution in [3.8, 4) is 17.6 Å². The van der Waals surface area contributed by atoms with Gasteiger partial charge in [0.2, 0.25) is 33.3 Å². The number of benzene rings is 1. The molecule has 1 aromatic heterocycles. The fourth-order valence-corrected chi connectivity index (χ4v) is 9.80. The number of carbonyl (C=O) groups is 4. The molecule has 2 aliphatic heterocycles. The maximum Gasteiger partial charge on any atom is 0.427 e. The summed E-state index contributed by atoms with van der Waals surface area (Å²) in [4.78, 5) is 67.4. The fraction of sp³-hybridized carbons (Fsp3) is 0.667. The van der Waals surface area contributed by atoms with Gasteiger partial charge in [-0.1, -0.05) is 25.1 Å². The first kappa shape index (κ1) is 46.0. The summed E-state index contributed by atoms with van der Waals surface area (Å²) < 4.78 is 97.1. The summed E-state index contributed by atoms with van der Waals surface area (Å²) in [6.45, 7) is 4.66. The summed E-state index contributed by atoms with van der Waals surface area (Å²) in [6, 6.07) is 3.70. The second-order valence-electron chi connectivity index (χ2n) is 17.7. The predicted octanol–water partition coefficient (Wildman–Crippen LogP) is 5.49. The molecule has 4 aliphatic rings. The minimum absolute atomic E-state index is 0.0359. The average Bonchev–Trinajstić information content (AvgIpc) is 4.07. The van der Waals surface area contributed by atoms with Gasteiger partial charge in [0.05, 0.1) is 54.8 Å². The molecule has 1 aromatic carbocycles. The molecule has 3 fully saturated rings. The number of amides is 2. The molecule has 2 amide bonds. The monoisotopic (exact) mass is 880 g/mol. The summed E-state index contributed by atoms with van der Waals surface area (Å²) in [5.74, 6) is -5.30. The first-order valence-electron chi connectivity index (χ1n) is 20.5. The van der Waals surface area contributed by atoms with E-state index in [-0.39, 0.29) is 43.8 Å². The third-order valence-electron chi connectivity index (χ3n) is 12.7. The summed E-state index contributed by atoms with van der Waals surface area (Å²) >= 11 is 0. The maximum atomic E-state index is 15.1. The molecule has 1 saturated heterocycles. The number of hydrogen-bond acceptors (Lipinski definition) is 13. The standard InChI is InChI=1S/C42H55F3N4O11S/c1-24-11-8-9-12-26-20-41(26,37(53)48-61(54,55)40(4)15-16-40)21-31(50)30-18-27(59-38-46-29-13-10-14-32(57-6)34(29)35(47-38)58-7)22-49(30)36(52)28(25(17-24)23-56-5)19-33(51)60-39(2,3)42(43,44)45/h9-10,12-14,24-28,30H,8,11,15-23H2,1-7H3,(H,48,53)/b12-9-/t24-,25+,26-,27-,28+,30+,41-/m1/s1. The molecule has 3 heterocycles. The molecule has 0 radical (unpaired) electrons. The highest BCUT2D eigenvalue weighted by Crippen LogP contribution is 2.58. The number of sulfonamides is 1. The Kier molecular flexibility index (Phi) is 13.1. The Labute approximate surface area is 353 Å². The largest absolute Gasteiger partial charge is 0.496 e. The lowest BCUT2D eigenvalue weighted by atomic mass is 9.81. The number of fused-ring (bicyclic) bond motifs is 3. The topological polar surface area (TPSA) is 190 Å². The number of allylic oxidation sites excluding steroid dienone is 2. The zero-order valence-corrected chi connectivity index (χ0v) is 36.3. The quantitative estimate of drug-likeness (QED) is 0.208. The first-order valence-corrected chi connectivity index (χ1v) is 22.0. The molecule has 0 unspecified atom stereocenters. The second-order valence-corrected chi connectivity index (χ2v) is 19.9. The van der Waals surface area contributed by atoms with Gasteiger partial charge >= 0.3 is 18.2 Å². The molecule has 2 aromatic rings. The average molecular weight is 881 g/mol. The number of esters is 1. The number of ketones is 1. The van der Waals surface area contributed by atoms with Crippen molar-refractivity contribution < 1.29 is 64.5 Å². The van der Waals surface area contributed by atoms with Crippen LogP contribution in [0.5, 0.6) is 17.6 Å². The Balaban J connectivity index is 1.39. The van der Waals surface area contributed by atoms with E-state index in [1.165, 1.54) is 26.2 Å². The van der Waals surface area contributed by atoms with Crippen LogP contribution in [0.3, 0.4) is 0 Å². The number of nitrogens with zero attached hydrogens (tertiary/aromatic N) is 3. The lowest BCUT2D eigenvalue weighted by Crippen LogP contribution is -2.49. The van der Waals surface area contributed by atoms with E-state index < -0.39 is 98.3 Å². The van der Waals surface area contributed by atoms with Crippen LogP contribution < -0.4 is 18.9 Å². The van der Waals surface area contributed by atoms with Gasteiger partial charge in [0.1, 0.15) is 17.2 Å². The van der Waals surface area contributed by atoms with E-state index >= 15 is 4.79 Å². The minimum Gasteiger partial charge on any atom is -0.496 e. The highest BCUT2D eigenvalue weighted by molar-refractivity contribution is 7.91. The van der Waals surface area contributed by atoms with Crippen molar-refractivity contribution in [3.05, 3.63) is 30.4 Å². The summed E-state index contributed by atoms with van der Waals surface area (Å²) in [5, 5.41) is 0.473. The van der Waals surface area contributed by atoms with Crippen molar-refractivity contribution in [2.45, 2.75) is 114 Å². The molecular weight excluding hydrogens is 826 g/mol. The van der Waals surface area contributed by atoms with Gasteiger partial charge in [0.25, 0.3) is 0 Å². The van der Waals surface area contributed by atoms with Crippen LogP contribution in [0.1, 0.15) is 85.5 Å². The normalized spacial score (nSPS) is 28.7. The molecule has 0 spiro atoms. The number of alkyl halides is 3. The van der Waals surface area contributed by atoms with Gasteiger partial charge in [0.15, 0.2) is 5.78 Å². The number of methoxy groups -OCH3 is 3. The molecule has 15 nitrogen and oxygen atoms in total. The lowest BCUT2D eigenvalue weighted by Gasteiger charge is -2.34. The molecule has 61 heavy (non-hydrogen) atoms. The van der Waals surface area contributed by atoms with Crippen LogP contribution in [0.25, 0.3) is 10.9 Å². The van der Waals surface area contributed by atoms with Crippen molar-refractivity contribution in [3.63, 3.8) is 0 Å². The van der Waals surface area contributed by atoms with Crippen molar-refractivity contribution in [2.24, 2.45) is 29.1 Å². The van der Waals surface area contributed by atoms with Gasteiger partial charge in [-0.3, -0.25) is 23.9 Å². The molecule has 2 saturated carbocycles. The highest BCUT2D eigenvalue weighted by Gasteiger charge is 2.63. The van der Waals surface area contributed by atoms with Crippen molar-refractivity contribution in [2.75, 3.05) is 34.5 Å². The Morgan fingerprint density at radius 1 is 1.05 bits per heavy atom. The van der Waals surface area contributed by atoms with Gasteiger partial charge in [-0.2, -0.15) is 23.1 Å². The molecule has 19 heteroatoms. The molecular formula is C42H55F3N4O11S. The molecule has 0 bridgehead atoms.